The minimum atomic E-state index is -0.763. The number of nitrogens with two attached hydrogens (primary N) is 1. The lowest BCUT2D eigenvalue weighted by Gasteiger charge is -2.23. The number of nitrogens with zero attached hydrogens (tertiary/aromatic N) is 3. The molecule has 3 rings (SSSR count). The third-order valence-corrected chi connectivity index (χ3v) is 4.92. The van der Waals surface area contributed by atoms with Crippen molar-refractivity contribution in [3.8, 4) is 0 Å². The lowest BCUT2D eigenvalue weighted by molar-refractivity contribution is -0.385. The van der Waals surface area contributed by atoms with Crippen LogP contribution in [0.25, 0.3) is 0 Å². The molecule has 1 heterocycles. The van der Waals surface area contributed by atoms with Gasteiger partial charge < -0.3 is 5.73 Å². The fraction of sp³-hybridized carbons (Fsp3) is 0.250. The SMILES string of the molecule is CN(Cc1ccc(C(N)=O)cc1[N+](=O)[O-])C1CC(=O)N(Cc2ccccc2)C1=O. The highest BCUT2D eigenvalue weighted by Gasteiger charge is 2.41. The van der Waals surface area contributed by atoms with Gasteiger partial charge in [-0.2, -0.15) is 0 Å². The fourth-order valence-electron chi connectivity index (χ4n) is 3.34. The highest BCUT2D eigenvalue weighted by atomic mass is 16.6. The molecule has 0 spiro atoms. The summed E-state index contributed by atoms with van der Waals surface area (Å²) in [7, 11) is 1.63. The van der Waals surface area contributed by atoms with Crippen molar-refractivity contribution in [2.24, 2.45) is 5.73 Å². The molecule has 0 aromatic heterocycles. The number of nitro groups is 1. The van der Waals surface area contributed by atoms with Gasteiger partial charge in [0.25, 0.3) is 5.69 Å². The van der Waals surface area contributed by atoms with Gasteiger partial charge in [-0.05, 0) is 18.7 Å². The van der Waals surface area contributed by atoms with E-state index in [2.05, 4.69) is 0 Å². The number of amides is 3. The van der Waals surface area contributed by atoms with Crippen LogP contribution in [0.1, 0.15) is 27.9 Å². The zero-order valence-electron chi connectivity index (χ0n) is 15.8. The first-order chi connectivity index (χ1) is 13.8. The summed E-state index contributed by atoms with van der Waals surface area (Å²) in [5.41, 5.74) is 6.13. The fourth-order valence-corrected chi connectivity index (χ4v) is 3.34. The van der Waals surface area contributed by atoms with E-state index in [1.54, 1.807) is 11.9 Å². The zero-order chi connectivity index (χ0) is 21.1. The Morgan fingerprint density at radius 2 is 1.93 bits per heavy atom. The Kier molecular flexibility index (Phi) is 5.69. The molecular formula is C20H20N4O5. The van der Waals surface area contributed by atoms with Crippen LogP contribution in [-0.4, -0.2) is 45.5 Å². The van der Waals surface area contributed by atoms with Crippen molar-refractivity contribution in [2.75, 3.05) is 7.05 Å². The quantitative estimate of drug-likeness (QED) is 0.429. The van der Waals surface area contributed by atoms with Gasteiger partial charge in [0.2, 0.25) is 17.7 Å². The molecule has 1 aliphatic heterocycles. The molecule has 1 saturated heterocycles. The van der Waals surface area contributed by atoms with Crippen LogP contribution in [0.15, 0.2) is 48.5 Å². The van der Waals surface area contributed by atoms with Crippen LogP contribution in [0.3, 0.4) is 0 Å². The van der Waals surface area contributed by atoms with Crippen molar-refractivity contribution in [1.82, 2.24) is 9.80 Å². The molecule has 1 unspecified atom stereocenters. The van der Waals surface area contributed by atoms with Crippen molar-refractivity contribution in [1.29, 1.82) is 0 Å². The number of hydrogen-bond donors (Lipinski definition) is 1. The number of benzene rings is 2. The van der Waals surface area contributed by atoms with E-state index in [9.17, 15) is 24.5 Å². The summed E-state index contributed by atoms with van der Waals surface area (Å²) >= 11 is 0. The van der Waals surface area contributed by atoms with Crippen molar-refractivity contribution in [2.45, 2.75) is 25.6 Å². The smallest absolute Gasteiger partial charge is 0.274 e. The number of nitro benzene ring substituents is 1. The van der Waals surface area contributed by atoms with Gasteiger partial charge in [-0.25, -0.2) is 0 Å². The monoisotopic (exact) mass is 396 g/mol. The van der Waals surface area contributed by atoms with Gasteiger partial charge in [0, 0.05) is 23.7 Å². The molecule has 2 N–H and O–H groups in total. The average Bonchev–Trinajstić information content (AvgIpc) is 2.97. The van der Waals surface area contributed by atoms with E-state index in [4.69, 9.17) is 5.73 Å². The second-order valence-corrected chi connectivity index (χ2v) is 6.90. The molecular weight excluding hydrogens is 376 g/mol. The maximum absolute atomic E-state index is 12.8. The normalized spacial score (nSPS) is 16.5. The molecule has 1 atom stereocenters. The summed E-state index contributed by atoms with van der Waals surface area (Å²) in [5, 5.41) is 11.4. The predicted molar refractivity (Wildman–Crippen MR) is 103 cm³/mol. The first-order valence-corrected chi connectivity index (χ1v) is 8.93. The third kappa shape index (κ3) is 4.30. The molecule has 0 radical (unpaired) electrons. The van der Waals surface area contributed by atoms with Crippen LogP contribution in [0, 0.1) is 10.1 Å². The topological polar surface area (TPSA) is 127 Å². The highest BCUT2D eigenvalue weighted by molar-refractivity contribution is 6.05. The van der Waals surface area contributed by atoms with Crippen molar-refractivity contribution >= 4 is 23.4 Å². The highest BCUT2D eigenvalue weighted by Crippen LogP contribution is 2.26. The Balaban J connectivity index is 1.77. The summed E-state index contributed by atoms with van der Waals surface area (Å²) < 4.78 is 0. The second kappa shape index (κ2) is 8.19. The summed E-state index contributed by atoms with van der Waals surface area (Å²) in [4.78, 5) is 50.0. The van der Waals surface area contributed by atoms with E-state index < -0.39 is 16.9 Å². The lowest BCUT2D eigenvalue weighted by atomic mass is 10.1. The molecule has 0 saturated carbocycles. The predicted octanol–water partition coefficient (Wildman–Crippen LogP) is 1.45. The van der Waals surface area contributed by atoms with Gasteiger partial charge in [0.05, 0.1) is 23.9 Å². The number of carbonyl (C=O) groups is 3. The standard InChI is InChI=1S/C20H20N4O5/c1-22(12-15-8-7-14(19(21)26)9-16(15)24(28)29)17-10-18(25)23(20(17)27)11-13-5-3-2-4-6-13/h2-9,17H,10-12H2,1H3,(H2,21,26). The summed E-state index contributed by atoms with van der Waals surface area (Å²) in [6.45, 7) is 0.258. The van der Waals surface area contributed by atoms with Crippen molar-refractivity contribution in [3.63, 3.8) is 0 Å². The van der Waals surface area contributed by atoms with Crippen LogP contribution in [0.4, 0.5) is 5.69 Å². The maximum atomic E-state index is 12.8. The third-order valence-electron chi connectivity index (χ3n) is 4.92. The Morgan fingerprint density at radius 3 is 2.55 bits per heavy atom. The molecule has 9 nitrogen and oxygen atoms in total. The number of imide groups is 1. The van der Waals surface area contributed by atoms with Gasteiger partial charge in [-0.1, -0.05) is 36.4 Å². The summed E-state index contributed by atoms with van der Waals surface area (Å²) in [5.74, 6) is -1.38. The minimum absolute atomic E-state index is 0.00926. The van der Waals surface area contributed by atoms with Gasteiger partial charge >= 0.3 is 0 Å². The van der Waals surface area contributed by atoms with Gasteiger partial charge in [-0.3, -0.25) is 34.3 Å². The molecule has 0 bridgehead atoms. The first kappa shape index (κ1) is 20.2. The Bertz CT molecular complexity index is 976. The Hall–Kier alpha value is -3.59. The van der Waals surface area contributed by atoms with E-state index in [-0.39, 0.29) is 42.6 Å². The lowest BCUT2D eigenvalue weighted by Crippen LogP contribution is -2.39. The first-order valence-electron chi connectivity index (χ1n) is 8.93. The van der Waals surface area contributed by atoms with E-state index in [1.807, 2.05) is 30.3 Å². The largest absolute Gasteiger partial charge is 0.366 e. The van der Waals surface area contributed by atoms with Crippen LogP contribution < -0.4 is 5.73 Å². The van der Waals surface area contributed by atoms with Crippen molar-refractivity contribution < 1.29 is 19.3 Å². The number of primary amides is 1. The average molecular weight is 396 g/mol. The van der Waals surface area contributed by atoms with Crippen LogP contribution >= 0.6 is 0 Å². The molecule has 29 heavy (non-hydrogen) atoms. The number of hydrogen-bond acceptors (Lipinski definition) is 6. The zero-order valence-corrected chi connectivity index (χ0v) is 15.8. The molecule has 1 fully saturated rings. The van der Waals surface area contributed by atoms with Crippen molar-refractivity contribution in [3.05, 3.63) is 75.3 Å². The summed E-state index contributed by atoms with van der Waals surface area (Å²) in [6.07, 6.45) is 0.00926. The number of carbonyl (C=O) groups excluding carboxylic acids is 3. The van der Waals surface area contributed by atoms with E-state index in [1.165, 1.54) is 17.0 Å². The number of likely N-dealkylation sites (N-methyl/N-ethyl adjacent to an activating group) is 1. The van der Waals surface area contributed by atoms with Crippen LogP contribution in [-0.2, 0) is 22.7 Å². The van der Waals surface area contributed by atoms with E-state index >= 15 is 0 Å². The van der Waals surface area contributed by atoms with Gasteiger partial charge in [0.1, 0.15) is 0 Å². The van der Waals surface area contributed by atoms with E-state index in [0.717, 1.165) is 11.6 Å². The molecule has 3 amide bonds. The molecule has 1 aliphatic rings. The molecule has 2 aromatic carbocycles. The summed E-state index contributed by atoms with van der Waals surface area (Å²) in [6, 6.07) is 12.4. The number of rotatable bonds is 7. The Labute approximate surface area is 166 Å². The number of likely N-dealkylation sites (tertiary alicyclic amines) is 1. The van der Waals surface area contributed by atoms with Gasteiger partial charge in [0.15, 0.2) is 0 Å². The molecule has 2 aromatic rings. The molecule has 9 heteroatoms. The van der Waals surface area contributed by atoms with Crippen LogP contribution in [0.2, 0.25) is 0 Å². The van der Waals surface area contributed by atoms with Crippen LogP contribution in [0.5, 0.6) is 0 Å². The molecule has 0 aliphatic carbocycles. The maximum Gasteiger partial charge on any atom is 0.274 e. The Morgan fingerprint density at radius 1 is 1.24 bits per heavy atom. The van der Waals surface area contributed by atoms with Gasteiger partial charge in [-0.15, -0.1) is 0 Å². The molecule has 150 valence electrons. The van der Waals surface area contributed by atoms with E-state index in [0.29, 0.717) is 5.56 Å². The minimum Gasteiger partial charge on any atom is -0.366 e. The second-order valence-electron chi connectivity index (χ2n) is 6.90.